The van der Waals surface area contributed by atoms with E-state index >= 15 is 0 Å². The molecular formula is C19H14BrN3OS. The number of aryl methyl sites for hydroxylation is 1. The fraction of sp³-hybridized carbons (Fsp3) is 0.0526. The van der Waals surface area contributed by atoms with Gasteiger partial charge in [0.2, 0.25) is 0 Å². The molecule has 1 N–H and O–H groups in total. The standard InChI is InChI=1S/C19H14BrN3OS/c1-12-17(18(24)21-15-9-5-8-14(20)10-15)25-19-22-16(11-23(12)19)13-6-3-2-4-7-13/h2-11H,1H3,(H,21,24). The van der Waals surface area contributed by atoms with Crippen molar-refractivity contribution >= 4 is 43.8 Å². The summed E-state index contributed by atoms with van der Waals surface area (Å²) in [5.74, 6) is -0.118. The second kappa shape index (κ2) is 6.46. The molecule has 0 unspecified atom stereocenters. The lowest BCUT2D eigenvalue weighted by Gasteiger charge is -2.04. The molecule has 0 spiro atoms. The monoisotopic (exact) mass is 411 g/mol. The number of nitrogens with one attached hydrogen (secondary N) is 1. The molecular weight excluding hydrogens is 398 g/mol. The number of rotatable bonds is 3. The van der Waals surface area contributed by atoms with Crippen molar-refractivity contribution < 1.29 is 4.79 Å². The second-order valence-electron chi connectivity index (χ2n) is 5.63. The van der Waals surface area contributed by atoms with Crippen LogP contribution in [0.1, 0.15) is 15.4 Å². The normalized spacial score (nSPS) is 11.0. The number of benzene rings is 2. The lowest BCUT2D eigenvalue weighted by molar-refractivity contribution is 0.102. The molecule has 0 aliphatic heterocycles. The topological polar surface area (TPSA) is 46.4 Å². The smallest absolute Gasteiger partial charge is 0.267 e. The van der Waals surface area contributed by atoms with Gasteiger partial charge in [-0.3, -0.25) is 9.20 Å². The third-order valence-corrected chi connectivity index (χ3v) is 5.56. The van der Waals surface area contributed by atoms with Crippen LogP contribution in [0.5, 0.6) is 0 Å². The molecule has 0 saturated heterocycles. The molecule has 6 heteroatoms. The maximum absolute atomic E-state index is 12.6. The first-order valence-corrected chi connectivity index (χ1v) is 9.33. The molecule has 25 heavy (non-hydrogen) atoms. The number of amides is 1. The number of fused-ring (bicyclic) bond motifs is 1. The van der Waals surface area contributed by atoms with E-state index in [1.165, 1.54) is 11.3 Å². The Balaban J connectivity index is 1.66. The van der Waals surface area contributed by atoms with Crippen LogP contribution < -0.4 is 5.32 Å². The summed E-state index contributed by atoms with van der Waals surface area (Å²) in [5.41, 5.74) is 3.63. The zero-order valence-corrected chi connectivity index (χ0v) is 15.8. The summed E-state index contributed by atoms with van der Waals surface area (Å²) in [6.45, 7) is 1.94. The van der Waals surface area contributed by atoms with Gasteiger partial charge in [0.15, 0.2) is 4.96 Å². The van der Waals surface area contributed by atoms with Crippen molar-refractivity contribution in [3.8, 4) is 11.3 Å². The van der Waals surface area contributed by atoms with E-state index in [1.54, 1.807) is 0 Å². The van der Waals surface area contributed by atoms with E-state index < -0.39 is 0 Å². The molecule has 0 bridgehead atoms. The van der Waals surface area contributed by atoms with Crippen molar-refractivity contribution in [1.82, 2.24) is 9.38 Å². The molecule has 0 fully saturated rings. The highest BCUT2D eigenvalue weighted by Gasteiger charge is 2.18. The number of imidazole rings is 1. The zero-order chi connectivity index (χ0) is 17.4. The number of halogens is 1. The van der Waals surface area contributed by atoms with E-state index in [9.17, 15) is 4.79 Å². The maximum atomic E-state index is 12.6. The Morgan fingerprint density at radius 3 is 2.68 bits per heavy atom. The SMILES string of the molecule is Cc1c(C(=O)Nc2cccc(Br)c2)sc2nc(-c3ccccc3)cn12. The van der Waals surface area contributed by atoms with Crippen molar-refractivity contribution in [2.45, 2.75) is 6.92 Å². The van der Waals surface area contributed by atoms with Crippen LogP contribution in [0.2, 0.25) is 0 Å². The lowest BCUT2D eigenvalue weighted by atomic mass is 10.2. The van der Waals surface area contributed by atoms with E-state index in [-0.39, 0.29) is 5.91 Å². The van der Waals surface area contributed by atoms with Crippen LogP contribution in [-0.4, -0.2) is 15.3 Å². The fourth-order valence-corrected chi connectivity index (χ4v) is 4.07. The highest BCUT2D eigenvalue weighted by Crippen LogP contribution is 2.28. The van der Waals surface area contributed by atoms with E-state index in [2.05, 4.69) is 26.2 Å². The average Bonchev–Trinajstić information content (AvgIpc) is 3.15. The highest BCUT2D eigenvalue weighted by molar-refractivity contribution is 9.10. The summed E-state index contributed by atoms with van der Waals surface area (Å²) in [4.78, 5) is 18.8. The zero-order valence-electron chi connectivity index (χ0n) is 13.4. The van der Waals surface area contributed by atoms with Gasteiger partial charge >= 0.3 is 0 Å². The fourth-order valence-electron chi connectivity index (χ4n) is 2.66. The predicted octanol–water partition coefficient (Wildman–Crippen LogP) is 5.39. The Morgan fingerprint density at radius 2 is 1.96 bits per heavy atom. The summed E-state index contributed by atoms with van der Waals surface area (Å²) < 4.78 is 2.90. The molecule has 4 nitrogen and oxygen atoms in total. The van der Waals surface area contributed by atoms with E-state index in [1.807, 2.05) is 72.1 Å². The number of nitrogens with zero attached hydrogens (tertiary/aromatic N) is 2. The van der Waals surface area contributed by atoms with Gasteiger partial charge in [-0.1, -0.05) is 63.7 Å². The Bertz CT molecular complexity index is 1070. The van der Waals surface area contributed by atoms with Crippen LogP contribution >= 0.6 is 27.3 Å². The molecule has 4 aromatic rings. The molecule has 1 amide bonds. The third-order valence-electron chi connectivity index (χ3n) is 3.92. The van der Waals surface area contributed by atoms with Crippen LogP contribution in [0, 0.1) is 6.92 Å². The van der Waals surface area contributed by atoms with Gasteiger partial charge in [0.1, 0.15) is 4.88 Å². The molecule has 0 aliphatic rings. The first kappa shape index (κ1) is 16.1. The van der Waals surface area contributed by atoms with Crippen molar-refractivity contribution in [3.05, 3.63) is 75.8 Å². The van der Waals surface area contributed by atoms with E-state index in [0.717, 1.165) is 32.1 Å². The van der Waals surface area contributed by atoms with Crippen LogP contribution in [0.25, 0.3) is 16.2 Å². The molecule has 2 aromatic carbocycles. The van der Waals surface area contributed by atoms with Gasteiger partial charge in [0.25, 0.3) is 5.91 Å². The number of anilines is 1. The molecule has 2 aromatic heterocycles. The molecule has 2 heterocycles. The van der Waals surface area contributed by atoms with Crippen molar-refractivity contribution in [2.75, 3.05) is 5.32 Å². The van der Waals surface area contributed by atoms with Gasteiger partial charge in [-0.25, -0.2) is 4.98 Å². The summed E-state index contributed by atoms with van der Waals surface area (Å²) in [6.07, 6.45) is 1.98. The summed E-state index contributed by atoms with van der Waals surface area (Å²) in [6, 6.07) is 17.6. The Labute approximate surface area is 157 Å². The highest BCUT2D eigenvalue weighted by atomic mass is 79.9. The number of carbonyl (C=O) groups is 1. The number of hydrogen-bond donors (Lipinski definition) is 1. The summed E-state index contributed by atoms with van der Waals surface area (Å²) >= 11 is 4.81. The quantitative estimate of drug-likeness (QED) is 0.491. The van der Waals surface area contributed by atoms with Gasteiger partial charge in [0.05, 0.1) is 5.69 Å². The van der Waals surface area contributed by atoms with Gasteiger partial charge in [-0.05, 0) is 25.1 Å². The lowest BCUT2D eigenvalue weighted by Crippen LogP contribution is -2.11. The van der Waals surface area contributed by atoms with Crippen molar-refractivity contribution in [3.63, 3.8) is 0 Å². The van der Waals surface area contributed by atoms with Gasteiger partial charge in [-0.2, -0.15) is 0 Å². The first-order valence-electron chi connectivity index (χ1n) is 7.72. The Morgan fingerprint density at radius 1 is 1.16 bits per heavy atom. The van der Waals surface area contributed by atoms with Crippen LogP contribution in [-0.2, 0) is 0 Å². The minimum Gasteiger partial charge on any atom is -0.321 e. The summed E-state index contributed by atoms with van der Waals surface area (Å²) in [5, 5.41) is 2.94. The number of carbonyl (C=O) groups excluding carboxylic acids is 1. The molecule has 0 saturated carbocycles. The third kappa shape index (κ3) is 3.10. The maximum Gasteiger partial charge on any atom is 0.267 e. The first-order chi connectivity index (χ1) is 12.1. The predicted molar refractivity (Wildman–Crippen MR) is 105 cm³/mol. The molecule has 0 radical (unpaired) electrons. The average molecular weight is 412 g/mol. The molecule has 0 atom stereocenters. The van der Waals surface area contributed by atoms with Crippen LogP contribution in [0.3, 0.4) is 0 Å². The minimum atomic E-state index is -0.118. The molecule has 4 rings (SSSR count). The minimum absolute atomic E-state index is 0.118. The largest absolute Gasteiger partial charge is 0.321 e. The van der Waals surface area contributed by atoms with Crippen molar-refractivity contribution in [2.24, 2.45) is 0 Å². The Kier molecular flexibility index (Phi) is 4.15. The van der Waals surface area contributed by atoms with Crippen LogP contribution in [0.15, 0.2) is 65.3 Å². The van der Waals surface area contributed by atoms with E-state index in [4.69, 9.17) is 0 Å². The molecule has 124 valence electrons. The number of thiazole rings is 1. The van der Waals surface area contributed by atoms with Gasteiger partial charge < -0.3 is 5.32 Å². The number of hydrogen-bond acceptors (Lipinski definition) is 3. The number of aromatic nitrogens is 2. The van der Waals surface area contributed by atoms with Gasteiger partial charge in [0, 0.05) is 27.6 Å². The van der Waals surface area contributed by atoms with Gasteiger partial charge in [-0.15, -0.1) is 0 Å². The van der Waals surface area contributed by atoms with Crippen LogP contribution in [0.4, 0.5) is 5.69 Å². The van der Waals surface area contributed by atoms with Crippen molar-refractivity contribution in [1.29, 1.82) is 0 Å². The summed E-state index contributed by atoms with van der Waals surface area (Å²) in [7, 11) is 0. The second-order valence-corrected chi connectivity index (χ2v) is 7.52. The molecule has 0 aliphatic carbocycles. The van der Waals surface area contributed by atoms with E-state index in [0.29, 0.717) is 4.88 Å². The Hall–Kier alpha value is -2.44.